The van der Waals surface area contributed by atoms with Crippen LogP contribution in [-0.2, 0) is 7.05 Å². The molecule has 2 fully saturated rings. The van der Waals surface area contributed by atoms with Crippen LogP contribution in [0.15, 0.2) is 15.7 Å². The van der Waals surface area contributed by atoms with Gasteiger partial charge < -0.3 is 5.32 Å². The van der Waals surface area contributed by atoms with E-state index in [0.29, 0.717) is 12.2 Å². The summed E-state index contributed by atoms with van der Waals surface area (Å²) in [4.78, 5) is 46.9. The Balaban J connectivity index is 1.65. The number of aryl methyl sites for hydroxylation is 2. The summed E-state index contributed by atoms with van der Waals surface area (Å²) in [5.74, 6) is -0.281. The highest BCUT2D eigenvalue weighted by Gasteiger charge is 2.38. The molecule has 0 atom stereocenters. The van der Waals surface area contributed by atoms with E-state index >= 15 is 0 Å². The monoisotopic (exact) mass is 413 g/mol. The summed E-state index contributed by atoms with van der Waals surface area (Å²) in [5.41, 5.74) is -0.00354. The SMILES string of the molecule is Cc1cc(C(=O)NCC2(N3CCCCC3)CCCCC2)c2c(=O)[nH]c(=O)n(C)c2n1. The molecule has 1 aliphatic heterocycles. The number of aromatic nitrogens is 3. The van der Waals surface area contributed by atoms with Crippen molar-refractivity contribution in [3.05, 3.63) is 38.2 Å². The molecule has 1 saturated carbocycles. The summed E-state index contributed by atoms with van der Waals surface area (Å²) >= 11 is 0. The average Bonchev–Trinajstić information content (AvgIpc) is 2.76. The molecule has 0 spiro atoms. The van der Waals surface area contributed by atoms with Crippen molar-refractivity contribution in [2.75, 3.05) is 19.6 Å². The van der Waals surface area contributed by atoms with E-state index < -0.39 is 11.2 Å². The summed E-state index contributed by atoms with van der Waals surface area (Å²) < 4.78 is 1.27. The van der Waals surface area contributed by atoms with Crippen molar-refractivity contribution >= 4 is 16.9 Å². The second-order valence-corrected chi connectivity index (χ2v) is 8.84. The molecule has 0 aromatic carbocycles. The van der Waals surface area contributed by atoms with Gasteiger partial charge in [0.25, 0.3) is 11.5 Å². The van der Waals surface area contributed by atoms with Crippen LogP contribution in [-0.4, -0.2) is 50.5 Å². The van der Waals surface area contributed by atoms with Gasteiger partial charge in [-0.2, -0.15) is 0 Å². The van der Waals surface area contributed by atoms with Crippen molar-refractivity contribution in [2.24, 2.45) is 7.05 Å². The molecular formula is C22H31N5O3. The van der Waals surface area contributed by atoms with Crippen molar-refractivity contribution < 1.29 is 4.79 Å². The standard InChI is InChI=1S/C22H31N5O3/c1-15-13-16(17-18(24-15)26(2)21(30)25-20(17)29)19(28)23-14-22(9-5-3-6-10-22)27-11-7-4-8-12-27/h13H,3-12,14H2,1-2H3,(H,23,28)(H,25,29,30). The maximum absolute atomic E-state index is 13.2. The summed E-state index contributed by atoms with van der Waals surface area (Å²) in [6.45, 7) is 4.53. The second kappa shape index (κ2) is 8.34. The number of likely N-dealkylation sites (tertiary alicyclic amines) is 1. The van der Waals surface area contributed by atoms with Gasteiger partial charge in [-0.25, -0.2) is 9.78 Å². The van der Waals surface area contributed by atoms with E-state index in [1.807, 2.05) is 0 Å². The van der Waals surface area contributed by atoms with Gasteiger partial charge in [-0.05, 0) is 51.8 Å². The normalized spacial score (nSPS) is 19.7. The molecule has 30 heavy (non-hydrogen) atoms. The lowest BCUT2D eigenvalue weighted by Crippen LogP contribution is -2.58. The topological polar surface area (TPSA) is 100 Å². The number of carbonyl (C=O) groups is 1. The van der Waals surface area contributed by atoms with Crippen LogP contribution in [0.25, 0.3) is 11.0 Å². The minimum absolute atomic E-state index is 0.00544. The van der Waals surface area contributed by atoms with Crippen LogP contribution >= 0.6 is 0 Å². The number of H-pyrrole nitrogens is 1. The van der Waals surface area contributed by atoms with Crippen LogP contribution in [0.2, 0.25) is 0 Å². The van der Waals surface area contributed by atoms with Crippen LogP contribution in [0.4, 0.5) is 0 Å². The number of aromatic amines is 1. The number of hydrogen-bond donors (Lipinski definition) is 2. The second-order valence-electron chi connectivity index (χ2n) is 8.84. The van der Waals surface area contributed by atoms with E-state index in [4.69, 9.17) is 0 Å². The van der Waals surface area contributed by atoms with Crippen molar-refractivity contribution in [1.82, 2.24) is 24.8 Å². The molecule has 2 aliphatic rings. The molecule has 8 heteroatoms. The third-order valence-electron chi connectivity index (χ3n) is 6.83. The summed E-state index contributed by atoms with van der Waals surface area (Å²) in [5, 5.41) is 3.30. The van der Waals surface area contributed by atoms with Crippen LogP contribution in [0.1, 0.15) is 67.4 Å². The number of hydrogen-bond acceptors (Lipinski definition) is 5. The number of amides is 1. The summed E-state index contributed by atoms with van der Waals surface area (Å²) in [6.07, 6.45) is 9.53. The molecule has 8 nitrogen and oxygen atoms in total. The van der Waals surface area contributed by atoms with Gasteiger partial charge in [0, 0.05) is 24.8 Å². The highest BCUT2D eigenvalue weighted by Crippen LogP contribution is 2.35. The van der Waals surface area contributed by atoms with E-state index in [1.165, 1.54) is 43.1 Å². The first-order chi connectivity index (χ1) is 14.4. The van der Waals surface area contributed by atoms with Gasteiger partial charge in [0.05, 0.1) is 10.9 Å². The molecule has 4 rings (SSSR count). The molecule has 0 unspecified atom stereocenters. The highest BCUT2D eigenvalue weighted by molar-refractivity contribution is 6.05. The minimum Gasteiger partial charge on any atom is -0.350 e. The third kappa shape index (κ3) is 3.80. The molecule has 2 aromatic heterocycles. The Kier molecular flexibility index (Phi) is 5.77. The fourth-order valence-corrected chi connectivity index (χ4v) is 5.17. The van der Waals surface area contributed by atoms with Gasteiger partial charge in [-0.1, -0.05) is 25.7 Å². The lowest BCUT2D eigenvalue weighted by atomic mass is 9.79. The lowest BCUT2D eigenvalue weighted by Gasteiger charge is -2.48. The van der Waals surface area contributed by atoms with E-state index in [9.17, 15) is 14.4 Å². The van der Waals surface area contributed by atoms with Crippen LogP contribution in [0, 0.1) is 6.92 Å². The number of carbonyl (C=O) groups excluding carboxylic acids is 1. The van der Waals surface area contributed by atoms with Crippen molar-refractivity contribution in [1.29, 1.82) is 0 Å². The molecule has 0 radical (unpaired) electrons. The fraction of sp³-hybridized carbons (Fsp3) is 0.636. The fourth-order valence-electron chi connectivity index (χ4n) is 5.17. The van der Waals surface area contributed by atoms with Crippen molar-refractivity contribution in [3.8, 4) is 0 Å². The first-order valence-electron chi connectivity index (χ1n) is 11.1. The van der Waals surface area contributed by atoms with Gasteiger partial charge >= 0.3 is 5.69 Å². The number of rotatable bonds is 4. The number of piperidine rings is 1. The smallest absolute Gasteiger partial charge is 0.329 e. The average molecular weight is 414 g/mol. The quantitative estimate of drug-likeness (QED) is 0.797. The number of fused-ring (bicyclic) bond motifs is 1. The van der Waals surface area contributed by atoms with Gasteiger partial charge in [0.15, 0.2) is 0 Å². The van der Waals surface area contributed by atoms with Crippen molar-refractivity contribution in [2.45, 2.75) is 63.8 Å². The van der Waals surface area contributed by atoms with Gasteiger partial charge in [-0.3, -0.25) is 24.0 Å². The molecular weight excluding hydrogens is 382 g/mol. The Bertz CT molecular complexity index is 1060. The van der Waals surface area contributed by atoms with E-state index in [0.717, 1.165) is 25.9 Å². The predicted octanol–water partition coefficient (Wildman–Crippen LogP) is 1.85. The number of nitrogens with one attached hydrogen (secondary N) is 2. The van der Waals surface area contributed by atoms with E-state index in [1.54, 1.807) is 20.0 Å². The summed E-state index contributed by atoms with van der Waals surface area (Å²) in [6, 6.07) is 1.63. The highest BCUT2D eigenvalue weighted by atomic mass is 16.2. The zero-order chi connectivity index (χ0) is 21.3. The minimum atomic E-state index is -0.575. The predicted molar refractivity (Wildman–Crippen MR) is 116 cm³/mol. The zero-order valence-electron chi connectivity index (χ0n) is 17.9. The Labute approximate surface area is 175 Å². The zero-order valence-corrected chi connectivity index (χ0v) is 17.9. The molecule has 1 saturated heterocycles. The first kappa shape index (κ1) is 20.8. The van der Waals surface area contributed by atoms with Gasteiger partial charge in [-0.15, -0.1) is 0 Å². The summed E-state index contributed by atoms with van der Waals surface area (Å²) in [7, 11) is 1.54. The van der Waals surface area contributed by atoms with Crippen LogP contribution in [0.3, 0.4) is 0 Å². The third-order valence-corrected chi connectivity index (χ3v) is 6.83. The maximum atomic E-state index is 13.2. The lowest BCUT2D eigenvalue weighted by molar-refractivity contribution is 0.0327. The number of nitrogens with zero attached hydrogens (tertiary/aromatic N) is 3. The molecule has 3 heterocycles. The first-order valence-corrected chi connectivity index (χ1v) is 11.1. The maximum Gasteiger partial charge on any atom is 0.329 e. The molecule has 2 N–H and O–H groups in total. The molecule has 162 valence electrons. The Morgan fingerprint density at radius 2 is 1.80 bits per heavy atom. The largest absolute Gasteiger partial charge is 0.350 e. The van der Waals surface area contributed by atoms with Crippen molar-refractivity contribution in [3.63, 3.8) is 0 Å². The Morgan fingerprint density at radius 3 is 2.50 bits per heavy atom. The Hall–Kier alpha value is -2.48. The molecule has 0 bridgehead atoms. The van der Waals surface area contributed by atoms with Gasteiger partial charge in [0.1, 0.15) is 5.65 Å². The number of pyridine rings is 1. The van der Waals surface area contributed by atoms with Gasteiger partial charge in [0.2, 0.25) is 0 Å². The molecule has 2 aromatic rings. The molecule has 1 aliphatic carbocycles. The Morgan fingerprint density at radius 1 is 1.13 bits per heavy atom. The van der Waals surface area contributed by atoms with E-state index in [2.05, 4.69) is 20.2 Å². The van der Waals surface area contributed by atoms with E-state index in [-0.39, 0.29) is 28.0 Å². The van der Waals surface area contributed by atoms with Crippen LogP contribution < -0.4 is 16.6 Å². The molecule has 1 amide bonds. The van der Waals surface area contributed by atoms with Crippen LogP contribution in [0.5, 0.6) is 0 Å².